The van der Waals surface area contributed by atoms with Crippen molar-refractivity contribution in [3.8, 4) is 11.1 Å². The van der Waals surface area contributed by atoms with Gasteiger partial charge in [0.05, 0.1) is 17.9 Å². The van der Waals surface area contributed by atoms with Gasteiger partial charge in [0.15, 0.2) is 0 Å². The highest BCUT2D eigenvalue weighted by atomic mass is 32.2. The second-order valence-electron chi connectivity index (χ2n) is 5.07. The molecule has 0 aliphatic heterocycles. The zero-order chi connectivity index (χ0) is 16.9. The van der Waals surface area contributed by atoms with E-state index in [1.165, 1.54) is 13.3 Å². The molecule has 6 nitrogen and oxygen atoms in total. The number of carbonyl (C=O) groups excluding carboxylic acids is 1. The van der Waals surface area contributed by atoms with Crippen molar-refractivity contribution < 1.29 is 17.9 Å². The number of carbonyl (C=O) groups is 1. The Labute approximate surface area is 135 Å². The van der Waals surface area contributed by atoms with Crippen LogP contribution in [-0.4, -0.2) is 38.8 Å². The third kappa shape index (κ3) is 4.87. The first-order valence-corrected chi connectivity index (χ1v) is 8.62. The van der Waals surface area contributed by atoms with Crippen molar-refractivity contribution in [2.24, 2.45) is 0 Å². The summed E-state index contributed by atoms with van der Waals surface area (Å²) in [5.41, 5.74) is 2.93. The second kappa shape index (κ2) is 7.34. The van der Waals surface area contributed by atoms with E-state index in [1.807, 2.05) is 35.9 Å². The number of sulfonamides is 1. The van der Waals surface area contributed by atoms with Gasteiger partial charge in [-0.2, -0.15) is 0 Å². The fourth-order valence-electron chi connectivity index (χ4n) is 1.99. The summed E-state index contributed by atoms with van der Waals surface area (Å²) in [5.74, 6) is -0.983. The van der Waals surface area contributed by atoms with E-state index in [0.717, 1.165) is 16.7 Å². The smallest absolute Gasteiger partial charge is 0.266 e. The van der Waals surface area contributed by atoms with Crippen molar-refractivity contribution in [1.82, 2.24) is 9.71 Å². The number of hydrogen-bond donors (Lipinski definition) is 1. The van der Waals surface area contributed by atoms with Gasteiger partial charge in [-0.3, -0.25) is 9.78 Å². The normalized spacial score (nSPS) is 11.2. The SMILES string of the molecule is COCCS(=O)(=O)NC(=O)c1cncc(-c2cccc(C)c2)c1. The minimum Gasteiger partial charge on any atom is -0.384 e. The van der Waals surface area contributed by atoms with Gasteiger partial charge in [-0.25, -0.2) is 13.1 Å². The number of hydrogen-bond acceptors (Lipinski definition) is 5. The molecule has 0 spiro atoms. The molecular weight excluding hydrogens is 316 g/mol. The monoisotopic (exact) mass is 334 g/mol. The quantitative estimate of drug-likeness (QED) is 0.870. The van der Waals surface area contributed by atoms with Gasteiger partial charge in [0.25, 0.3) is 5.91 Å². The fourth-order valence-corrected chi connectivity index (χ4v) is 2.88. The molecule has 122 valence electrons. The van der Waals surface area contributed by atoms with E-state index in [4.69, 9.17) is 4.74 Å². The summed E-state index contributed by atoms with van der Waals surface area (Å²) in [7, 11) is -2.33. The van der Waals surface area contributed by atoms with Gasteiger partial charge in [0.2, 0.25) is 10.0 Å². The van der Waals surface area contributed by atoms with Crippen molar-refractivity contribution >= 4 is 15.9 Å². The van der Waals surface area contributed by atoms with Gasteiger partial charge in [-0.05, 0) is 18.6 Å². The Morgan fingerprint density at radius 3 is 2.70 bits per heavy atom. The van der Waals surface area contributed by atoms with Crippen LogP contribution < -0.4 is 4.72 Å². The summed E-state index contributed by atoms with van der Waals surface area (Å²) in [6, 6.07) is 9.36. The first-order valence-electron chi connectivity index (χ1n) is 6.97. The summed E-state index contributed by atoms with van der Waals surface area (Å²) >= 11 is 0. The van der Waals surface area contributed by atoms with Gasteiger partial charge >= 0.3 is 0 Å². The third-order valence-electron chi connectivity index (χ3n) is 3.16. The number of rotatable bonds is 6. The summed E-state index contributed by atoms with van der Waals surface area (Å²) in [6.45, 7) is 1.99. The minimum atomic E-state index is -3.73. The number of pyridine rings is 1. The highest BCUT2D eigenvalue weighted by Gasteiger charge is 2.16. The van der Waals surface area contributed by atoms with E-state index in [2.05, 4.69) is 4.98 Å². The van der Waals surface area contributed by atoms with Gasteiger partial charge in [0, 0.05) is 25.1 Å². The molecule has 7 heteroatoms. The standard InChI is InChI=1S/C16H18N2O4S/c1-12-4-3-5-13(8-12)14-9-15(11-17-10-14)16(19)18-23(20,21)7-6-22-2/h3-5,8-11H,6-7H2,1-2H3,(H,18,19). The van der Waals surface area contributed by atoms with E-state index in [-0.39, 0.29) is 17.9 Å². The average molecular weight is 334 g/mol. The highest BCUT2D eigenvalue weighted by Crippen LogP contribution is 2.20. The molecule has 0 bridgehead atoms. The van der Waals surface area contributed by atoms with Crippen LogP contribution in [-0.2, 0) is 14.8 Å². The van der Waals surface area contributed by atoms with Crippen LogP contribution in [0.3, 0.4) is 0 Å². The van der Waals surface area contributed by atoms with E-state index in [9.17, 15) is 13.2 Å². The maximum Gasteiger partial charge on any atom is 0.266 e. The Morgan fingerprint density at radius 2 is 2.00 bits per heavy atom. The lowest BCUT2D eigenvalue weighted by molar-refractivity contribution is 0.0981. The van der Waals surface area contributed by atoms with Gasteiger partial charge in [-0.15, -0.1) is 0 Å². The van der Waals surface area contributed by atoms with E-state index in [0.29, 0.717) is 0 Å². The zero-order valence-corrected chi connectivity index (χ0v) is 13.8. The molecule has 0 fully saturated rings. The van der Waals surface area contributed by atoms with Gasteiger partial charge in [0.1, 0.15) is 0 Å². The number of methoxy groups -OCH3 is 1. The summed E-state index contributed by atoms with van der Waals surface area (Å²) < 4.78 is 30.2. The van der Waals surface area contributed by atoms with Crippen LogP contribution in [0.1, 0.15) is 15.9 Å². The van der Waals surface area contributed by atoms with Crippen LogP contribution in [0.15, 0.2) is 42.7 Å². The molecule has 0 saturated carbocycles. The molecule has 0 aliphatic rings. The van der Waals surface area contributed by atoms with E-state index in [1.54, 1.807) is 12.3 Å². The molecule has 1 aromatic carbocycles. The van der Waals surface area contributed by atoms with Crippen LogP contribution in [0.5, 0.6) is 0 Å². The van der Waals surface area contributed by atoms with Crippen molar-refractivity contribution in [1.29, 1.82) is 0 Å². The van der Waals surface area contributed by atoms with Crippen LogP contribution in [0.25, 0.3) is 11.1 Å². The molecule has 0 unspecified atom stereocenters. The molecule has 1 aromatic heterocycles. The highest BCUT2D eigenvalue weighted by molar-refractivity contribution is 7.90. The number of benzene rings is 1. The Hall–Kier alpha value is -2.25. The van der Waals surface area contributed by atoms with Gasteiger partial charge < -0.3 is 4.74 Å². The molecule has 1 heterocycles. The van der Waals surface area contributed by atoms with Crippen LogP contribution in [0.2, 0.25) is 0 Å². The van der Waals surface area contributed by atoms with Gasteiger partial charge in [-0.1, -0.05) is 29.8 Å². The van der Waals surface area contributed by atoms with Crippen molar-refractivity contribution in [3.05, 3.63) is 53.9 Å². The molecule has 0 aliphatic carbocycles. The number of nitrogens with zero attached hydrogens (tertiary/aromatic N) is 1. The third-order valence-corrected chi connectivity index (χ3v) is 4.36. The molecule has 1 N–H and O–H groups in total. The lowest BCUT2D eigenvalue weighted by Gasteiger charge is -2.08. The molecule has 2 aromatic rings. The largest absolute Gasteiger partial charge is 0.384 e. The van der Waals surface area contributed by atoms with Crippen LogP contribution >= 0.6 is 0 Å². The first-order chi connectivity index (χ1) is 10.9. The molecular formula is C16H18N2O4S. The molecule has 0 saturated heterocycles. The summed E-state index contributed by atoms with van der Waals surface area (Å²) in [5, 5.41) is 0. The lowest BCUT2D eigenvalue weighted by atomic mass is 10.0. The lowest BCUT2D eigenvalue weighted by Crippen LogP contribution is -2.33. The number of aromatic nitrogens is 1. The molecule has 23 heavy (non-hydrogen) atoms. The summed E-state index contributed by atoms with van der Waals surface area (Å²) in [6.07, 6.45) is 2.96. The van der Waals surface area contributed by atoms with E-state index < -0.39 is 15.9 Å². The van der Waals surface area contributed by atoms with E-state index >= 15 is 0 Å². The predicted octanol–water partition coefficient (Wildman–Crippen LogP) is 1.76. The zero-order valence-electron chi connectivity index (χ0n) is 12.9. The minimum absolute atomic E-state index is 0.0181. The predicted molar refractivity (Wildman–Crippen MR) is 87.5 cm³/mol. The molecule has 0 atom stereocenters. The fraction of sp³-hybridized carbons (Fsp3) is 0.250. The number of ether oxygens (including phenoxy) is 1. The molecule has 1 amide bonds. The number of aryl methyl sites for hydroxylation is 1. The Balaban J connectivity index is 2.21. The topological polar surface area (TPSA) is 85.4 Å². The maximum atomic E-state index is 12.1. The van der Waals surface area contributed by atoms with Crippen LogP contribution in [0.4, 0.5) is 0 Å². The molecule has 0 radical (unpaired) electrons. The van der Waals surface area contributed by atoms with Crippen molar-refractivity contribution in [2.75, 3.05) is 19.5 Å². The Morgan fingerprint density at radius 1 is 1.22 bits per heavy atom. The first kappa shape index (κ1) is 17.1. The van der Waals surface area contributed by atoms with Crippen molar-refractivity contribution in [2.45, 2.75) is 6.92 Å². The number of amides is 1. The Kier molecular flexibility index (Phi) is 5.46. The van der Waals surface area contributed by atoms with Crippen molar-refractivity contribution in [3.63, 3.8) is 0 Å². The van der Waals surface area contributed by atoms with Crippen LogP contribution in [0, 0.1) is 6.92 Å². The summed E-state index contributed by atoms with van der Waals surface area (Å²) in [4.78, 5) is 16.1. The maximum absolute atomic E-state index is 12.1. The number of nitrogens with one attached hydrogen (secondary N) is 1. The second-order valence-corrected chi connectivity index (χ2v) is 6.92. The average Bonchev–Trinajstić information content (AvgIpc) is 2.53. The molecule has 2 rings (SSSR count). The Bertz CT molecular complexity index is 803.